The van der Waals surface area contributed by atoms with Crippen LogP contribution >= 0.6 is 0 Å². The van der Waals surface area contributed by atoms with Crippen molar-refractivity contribution in [2.24, 2.45) is 0 Å². The van der Waals surface area contributed by atoms with Crippen LogP contribution in [-0.2, 0) is 9.47 Å². The fourth-order valence-electron chi connectivity index (χ4n) is 4.55. The van der Waals surface area contributed by atoms with Crippen molar-refractivity contribution in [3.05, 3.63) is 42.2 Å². The molecule has 5 heterocycles. The van der Waals surface area contributed by atoms with Crippen LogP contribution in [0, 0.1) is 0 Å². The van der Waals surface area contributed by atoms with E-state index in [1.54, 1.807) is 11.1 Å². The Labute approximate surface area is 205 Å². The second-order valence-electron chi connectivity index (χ2n) is 10.0. The fraction of sp³-hybridized carbons (Fsp3) is 0.500. The van der Waals surface area contributed by atoms with Crippen LogP contribution in [0.25, 0.3) is 22.6 Å². The molecular weight excluding hydrogens is 444 g/mol. The first-order valence-electron chi connectivity index (χ1n) is 12.3. The van der Waals surface area contributed by atoms with E-state index >= 15 is 0 Å². The van der Waals surface area contributed by atoms with Crippen LogP contribution in [0.15, 0.2) is 36.5 Å². The number of anilines is 1. The molecule has 35 heavy (non-hydrogen) atoms. The minimum atomic E-state index is -0.487. The first-order valence-corrected chi connectivity index (χ1v) is 12.3. The molecule has 0 N–H and O–H groups in total. The molecule has 0 radical (unpaired) electrons. The molecule has 9 heteroatoms. The van der Waals surface area contributed by atoms with Crippen LogP contribution in [0.3, 0.4) is 0 Å². The predicted molar refractivity (Wildman–Crippen MR) is 133 cm³/mol. The first-order chi connectivity index (χ1) is 16.9. The van der Waals surface area contributed by atoms with Crippen molar-refractivity contribution in [2.45, 2.75) is 45.1 Å². The molecule has 0 bridgehead atoms. The van der Waals surface area contributed by atoms with Crippen molar-refractivity contribution in [1.29, 1.82) is 0 Å². The molecule has 184 valence electrons. The largest absolute Gasteiger partial charge is 0.444 e. The quantitative estimate of drug-likeness (QED) is 0.559. The van der Waals surface area contributed by atoms with Crippen LogP contribution in [-0.4, -0.2) is 75.9 Å². The second kappa shape index (κ2) is 9.73. The molecule has 3 aromatic rings. The summed E-state index contributed by atoms with van der Waals surface area (Å²) in [7, 11) is 0. The summed E-state index contributed by atoms with van der Waals surface area (Å²) in [5.41, 5.74) is 2.87. The normalized spacial score (nSPS) is 17.6. The van der Waals surface area contributed by atoms with E-state index in [1.807, 2.05) is 45.0 Å². The van der Waals surface area contributed by atoms with Gasteiger partial charge in [-0.2, -0.15) is 0 Å². The minimum absolute atomic E-state index is 0.244. The van der Waals surface area contributed by atoms with Crippen molar-refractivity contribution < 1.29 is 14.3 Å². The zero-order chi connectivity index (χ0) is 24.4. The number of hydrogen-bond acceptors (Lipinski definition) is 8. The zero-order valence-corrected chi connectivity index (χ0v) is 20.6. The number of piperidine rings is 1. The van der Waals surface area contributed by atoms with Gasteiger partial charge in [0.15, 0.2) is 11.6 Å². The molecule has 0 atom stereocenters. The highest BCUT2D eigenvalue weighted by atomic mass is 16.6. The molecule has 2 fully saturated rings. The van der Waals surface area contributed by atoms with Gasteiger partial charge in [0.2, 0.25) is 0 Å². The number of rotatable bonds is 3. The number of carbonyl (C=O) groups is 1. The van der Waals surface area contributed by atoms with E-state index in [0.29, 0.717) is 32.1 Å². The third-order valence-electron chi connectivity index (χ3n) is 6.31. The smallest absolute Gasteiger partial charge is 0.410 e. The maximum atomic E-state index is 12.4. The van der Waals surface area contributed by atoms with Gasteiger partial charge in [-0.25, -0.2) is 19.7 Å². The predicted octanol–water partition coefficient (Wildman–Crippen LogP) is 4.04. The molecule has 1 amide bonds. The number of amides is 1. The van der Waals surface area contributed by atoms with Gasteiger partial charge in [-0.3, -0.25) is 4.98 Å². The number of pyridine rings is 2. The molecule has 0 spiro atoms. The van der Waals surface area contributed by atoms with Gasteiger partial charge >= 0.3 is 6.09 Å². The SMILES string of the molecule is CC(C)(C)OC(=O)N1CCC(c2cccc(-c3nc(N4CCOCC4)c4ncccc4n3)n2)CC1. The Kier molecular flexibility index (Phi) is 6.51. The molecule has 3 aromatic heterocycles. The van der Waals surface area contributed by atoms with Gasteiger partial charge in [0.25, 0.3) is 0 Å². The molecule has 0 saturated carbocycles. The lowest BCUT2D eigenvalue weighted by molar-refractivity contribution is 0.0204. The van der Waals surface area contributed by atoms with E-state index < -0.39 is 5.60 Å². The van der Waals surface area contributed by atoms with Crippen molar-refractivity contribution >= 4 is 22.9 Å². The van der Waals surface area contributed by atoms with Gasteiger partial charge in [0.05, 0.1) is 18.7 Å². The van der Waals surface area contributed by atoms with Gasteiger partial charge in [0.1, 0.15) is 16.8 Å². The molecular formula is C26H32N6O3. The molecule has 0 unspecified atom stereocenters. The lowest BCUT2D eigenvalue weighted by atomic mass is 9.93. The number of morpholine rings is 1. The number of fused-ring (bicyclic) bond motifs is 1. The molecule has 5 rings (SSSR count). The topological polar surface area (TPSA) is 93.6 Å². The number of aromatic nitrogens is 4. The fourth-order valence-corrected chi connectivity index (χ4v) is 4.55. The van der Waals surface area contributed by atoms with Crippen LogP contribution in [0.4, 0.5) is 10.6 Å². The Morgan fingerprint density at radius 3 is 2.51 bits per heavy atom. The molecule has 9 nitrogen and oxygen atoms in total. The highest BCUT2D eigenvalue weighted by molar-refractivity contribution is 5.87. The molecule has 2 aliphatic rings. The Balaban J connectivity index is 1.38. The van der Waals surface area contributed by atoms with Gasteiger partial charge < -0.3 is 19.3 Å². The third-order valence-corrected chi connectivity index (χ3v) is 6.31. The van der Waals surface area contributed by atoms with Gasteiger partial charge in [-0.05, 0) is 57.9 Å². The number of likely N-dealkylation sites (tertiary alicyclic amines) is 1. The van der Waals surface area contributed by atoms with Gasteiger partial charge in [0, 0.05) is 44.0 Å². The summed E-state index contributed by atoms with van der Waals surface area (Å²) < 4.78 is 11.1. The average molecular weight is 477 g/mol. The number of hydrogen-bond donors (Lipinski definition) is 0. The van der Waals surface area contributed by atoms with Crippen molar-refractivity contribution in [2.75, 3.05) is 44.3 Å². The number of nitrogens with zero attached hydrogens (tertiary/aromatic N) is 6. The maximum Gasteiger partial charge on any atom is 0.410 e. The molecule has 0 aromatic carbocycles. The first kappa shape index (κ1) is 23.4. The van der Waals surface area contributed by atoms with Crippen molar-refractivity contribution in [3.63, 3.8) is 0 Å². The summed E-state index contributed by atoms with van der Waals surface area (Å²) in [6.45, 7) is 9.87. The monoisotopic (exact) mass is 476 g/mol. The molecule has 0 aliphatic carbocycles. The lowest BCUT2D eigenvalue weighted by Crippen LogP contribution is -2.41. The van der Waals surface area contributed by atoms with Crippen LogP contribution in [0.5, 0.6) is 0 Å². The summed E-state index contributed by atoms with van der Waals surface area (Å²) in [5.74, 6) is 1.70. The standard InChI is InChI=1S/C26H32N6O3/c1-26(2,3)35-25(33)32-12-9-18(10-13-32)19-6-4-7-21(28-19)23-29-20-8-5-11-27-22(20)24(30-23)31-14-16-34-17-15-31/h4-8,11,18H,9-10,12-17H2,1-3H3. The Hall–Kier alpha value is -3.33. The van der Waals surface area contributed by atoms with E-state index in [1.165, 1.54) is 0 Å². The number of carbonyl (C=O) groups excluding carboxylic acids is 1. The van der Waals surface area contributed by atoms with Crippen LogP contribution in [0.2, 0.25) is 0 Å². The van der Waals surface area contributed by atoms with Gasteiger partial charge in [-0.1, -0.05) is 6.07 Å². The highest BCUT2D eigenvalue weighted by Crippen LogP contribution is 2.30. The van der Waals surface area contributed by atoms with Crippen LogP contribution in [0.1, 0.15) is 45.2 Å². The average Bonchev–Trinajstić information content (AvgIpc) is 2.88. The maximum absolute atomic E-state index is 12.4. The molecule has 2 saturated heterocycles. The molecule has 2 aliphatic heterocycles. The van der Waals surface area contributed by atoms with E-state index in [-0.39, 0.29) is 12.0 Å². The summed E-state index contributed by atoms with van der Waals surface area (Å²) in [6.07, 6.45) is 3.22. The Morgan fingerprint density at radius 2 is 1.77 bits per heavy atom. The second-order valence-corrected chi connectivity index (χ2v) is 10.0. The summed E-state index contributed by atoms with van der Waals surface area (Å²) in [4.78, 5) is 35.6. The van der Waals surface area contributed by atoms with Gasteiger partial charge in [-0.15, -0.1) is 0 Å². The van der Waals surface area contributed by atoms with E-state index in [2.05, 4.69) is 16.0 Å². The third kappa shape index (κ3) is 5.35. The van der Waals surface area contributed by atoms with E-state index in [9.17, 15) is 4.79 Å². The number of ether oxygens (including phenoxy) is 2. The summed E-state index contributed by atoms with van der Waals surface area (Å²) in [6, 6.07) is 9.89. The van der Waals surface area contributed by atoms with Crippen LogP contribution < -0.4 is 4.90 Å². The van der Waals surface area contributed by atoms with Crippen molar-refractivity contribution in [1.82, 2.24) is 24.8 Å². The summed E-state index contributed by atoms with van der Waals surface area (Å²) in [5, 5.41) is 0. The zero-order valence-electron chi connectivity index (χ0n) is 20.6. The van der Waals surface area contributed by atoms with Crippen molar-refractivity contribution in [3.8, 4) is 11.5 Å². The van der Waals surface area contributed by atoms with E-state index in [4.69, 9.17) is 24.4 Å². The highest BCUT2D eigenvalue weighted by Gasteiger charge is 2.28. The Bertz CT molecular complexity index is 1200. The van der Waals surface area contributed by atoms with E-state index in [0.717, 1.165) is 54.2 Å². The minimum Gasteiger partial charge on any atom is -0.444 e. The Morgan fingerprint density at radius 1 is 1.00 bits per heavy atom. The lowest BCUT2D eigenvalue weighted by Gasteiger charge is -2.33. The summed E-state index contributed by atoms with van der Waals surface area (Å²) >= 11 is 0.